The number of unbranched alkanes of at least 4 members (excludes halogenated alkanes) is 1. The third-order valence-electron chi connectivity index (χ3n) is 2.18. The highest BCUT2D eigenvalue weighted by molar-refractivity contribution is 7.92. The molecular weight excluding hydrogens is 280 g/mol. The maximum atomic E-state index is 11.6. The zero-order valence-electron chi connectivity index (χ0n) is 9.72. The number of nitrogens with one attached hydrogen (secondary N) is 1. The highest BCUT2D eigenvalue weighted by Crippen LogP contribution is 2.27. The van der Waals surface area contributed by atoms with E-state index < -0.39 is 14.9 Å². The predicted molar refractivity (Wildman–Crippen MR) is 70.4 cm³/mol. The lowest BCUT2D eigenvalue weighted by atomic mass is 10.3. The largest absolute Gasteiger partial charge is 0.289 e. The number of hydrogen-bond donors (Lipinski definition) is 1. The molecule has 1 aromatic carbocycles. The monoisotopic (exact) mass is 292 g/mol. The minimum absolute atomic E-state index is 0.0140. The van der Waals surface area contributed by atoms with Crippen LogP contribution in [0, 0.1) is 10.1 Å². The lowest BCUT2D eigenvalue weighted by Crippen LogP contribution is -2.16. The van der Waals surface area contributed by atoms with Gasteiger partial charge in [-0.2, -0.15) is 0 Å². The van der Waals surface area contributed by atoms with E-state index in [1.54, 1.807) is 0 Å². The summed E-state index contributed by atoms with van der Waals surface area (Å²) >= 11 is 5.63. The van der Waals surface area contributed by atoms with E-state index in [0.29, 0.717) is 6.42 Å². The maximum Gasteiger partial charge on any atom is 0.289 e. The standard InChI is InChI=1S/C10H13ClN2O4S/c1-2-3-6-18(16,17)12-8-4-5-9(11)10(7-8)13(14)15/h4-5,7,12H,2-3,6H2,1H3. The van der Waals surface area contributed by atoms with Crippen molar-refractivity contribution in [2.75, 3.05) is 10.5 Å². The Labute approximate surface area is 110 Å². The van der Waals surface area contributed by atoms with Crippen LogP contribution in [0.2, 0.25) is 5.02 Å². The van der Waals surface area contributed by atoms with Crippen LogP contribution in [0.25, 0.3) is 0 Å². The molecule has 0 bridgehead atoms. The maximum absolute atomic E-state index is 11.6. The number of nitro benzene ring substituents is 1. The van der Waals surface area contributed by atoms with Gasteiger partial charge in [-0.25, -0.2) is 8.42 Å². The van der Waals surface area contributed by atoms with Crippen LogP contribution < -0.4 is 4.72 Å². The minimum Gasteiger partial charge on any atom is -0.283 e. The second-order valence-electron chi connectivity index (χ2n) is 3.70. The molecule has 0 spiro atoms. The van der Waals surface area contributed by atoms with Crippen LogP contribution in [-0.2, 0) is 10.0 Å². The summed E-state index contributed by atoms with van der Waals surface area (Å²) < 4.78 is 25.5. The van der Waals surface area contributed by atoms with E-state index >= 15 is 0 Å². The molecule has 0 saturated carbocycles. The Balaban J connectivity index is 2.92. The molecular formula is C10H13ClN2O4S. The lowest BCUT2D eigenvalue weighted by molar-refractivity contribution is -0.384. The van der Waals surface area contributed by atoms with Crippen molar-refractivity contribution >= 4 is 33.0 Å². The van der Waals surface area contributed by atoms with Crippen molar-refractivity contribution in [1.82, 2.24) is 0 Å². The average molecular weight is 293 g/mol. The number of sulfonamides is 1. The third kappa shape index (κ3) is 4.15. The van der Waals surface area contributed by atoms with E-state index in [1.165, 1.54) is 12.1 Å². The van der Waals surface area contributed by atoms with Crippen LogP contribution in [0.4, 0.5) is 11.4 Å². The van der Waals surface area contributed by atoms with Crippen LogP contribution in [-0.4, -0.2) is 19.1 Å². The van der Waals surface area contributed by atoms with Gasteiger partial charge in [0.25, 0.3) is 5.69 Å². The molecule has 0 radical (unpaired) electrons. The molecule has 1 aromatic rings. The molecule has 0 aliphatic rings. The Bertz CT molecular complexity index is 545. The Kier molecular flexibility index (Phi) is 4.92. The first-order valence-corrected chi connectivity index (χ1v) is 7.33. The zero-order valence-corrected chi connectivity index (χ0v) is 11.3. The Hall–Kier alpha value is -1.34. The summed E-state index contributed by atoms with van der Waals surface area (Å²) in [5.41, 5.74) is -0.186. The number of halogens is 1. The van der Waals surface area contributed by atoms with Crippen LogP contribution >= 0.6 is 11.6 Å². The topological polar surface area (TPSA) is 89.3 Å². The van der Waals surface area contributed by atoms with Gasteiger partial charge in [0.05, 0.1) is 16.4 Å². The molecule has 0 amide bonds. The van der Waals surface area contributed by atoms with Gasteiger partial charge >= 0.3 is 0 Å². The summed E-state index contributed by atoms with van der Waals surface area (Å²) in [6.07, 6.45) is 1.28. The Morgan fingerprint density at radius 3 is 2.67 bits per heavy atom. The summed E-state index contributed by atoms with van der Waals surface area (Å²) in [5, 5.41) is 10.6. The van der Waals surface area contributed by atoms with Crippen molar-refractivity contribution in [2.24, 2.45) is 0 Å². The van der Waals surface area contributed by atoms with Crippen molar-refractivity contribution in [3.8, 4) is 0 Å². The van der Waals surface area contributed by atoms with Crippen LogP contribution in [0.3, 0.4) is 0 Å². The summed E-state index contributed by atoms with van der Waals surface area (Å²) in [5.74, 6) is -0.0140. The van der Waals surface area contributed by atoms with Gasteiger partial charge in [0.15, 0.2) is 0 Å². The molecule has 0 aliphatic heterocycles. The first-order valence-electron chi connectivity index (χ1n) is 5.30. The molecule has 1 rings (SSSR count). The molecule has 0 atom stereocenters. The van der Waals surface area contributed by atoms with E-state index in [9.17, 15) is 18.5 Å². The second kappa shape index (κ2) is 6.01. The molecule has 6 nitrogen and oxygen atoms in total. The average Bonchev–Trinajstić information content (AvgIpc) is 2.28. The second-order valence-corrected chi connectivity index (χ2v) is 5.95. The number of nitro groups is 1. The smallest absolute Gasteiger partial charge is 0.283 e. The fourth-order valence-corrected chi connectivity index (χ4v) is 2.72. The van der Waals surface area contributed by atoms with Gasteiger partial charge in [-0.1, -0.05) is 24.9 Å². The molecule has 0 fully saturated rings. The third-order valence-corrected chi connectivity index (χ3v) is 3.88. The van der Waals surface area contributed by atoms with Gasteiger partial charge in [-0.15, -0.1) is 0 Å². The van der Waals surface area contributed by atoms with Crippen molar-refractivity contribution in [2.45, 2.75) is 19.8 Å². The molecule has 0 saturated heterocycles. The number of benzene rings is 1. The number of hydrogen-bond acceptors (Lipinski definition) is 4. The lowest BCUT2D eigenvalue weighted by Gasteiger charge is -2.07. The van der Waals surface area contributed by atoms with Gasteiger partial charge < -0.3 is 0 Å². The van der Waals surface area contributed by atoms with E-state index in [0.717, 1.165) is 12.5 Å². The van der Waals surface area contributed by atoms with Crippen molar-refractivity contribution < 1.29 is 13.3 Å². The van der Waals surface area contributed by atoms with Gasteiger partial charge in [-0.05, 0) is 18.6 Å². The Morgan fingerprint density at radius 2 is 2.11 bits per heavy atom. The van der Waals surface area contributed by atoms with Gasteiger partial charge in [0.2, 0.25) is 10.0 Å². The van der Waals surface area contributed by atoms with E-state index in [-0.39, 0.29) is 22.2 Å². The highest BCUT2D eigenvalue weighted by atomic mass is 35.5. The molecule has 0 aliphatic carbocycles. The minimum atomic E-state index is -3.47. The van der Waals surface area contributed by atoms with Gasteiger partial charge in [0, 0.05) is 6.07 Å². The van der Waals surface area contributed by atoms with E-state index in [4.69, 9.17) is 11.6 Å². The first kappa shape index (κ1) is 14.7. The predicted octanol–water partition coefficient (Wildman–Crippen LogP) is 2.79. The molecule has 0 aromatic heterocycles. The SMILES string of the molecule is CCCCS(=O)(=O)Nc1ccc(Cl)c([N+](=O)[O-])c1. The quantitative estimate of drug-likeness (QED) is 0.645. The molecule has 1 N–H and O–H groups in total. The molecule has 8 heteroatoms. The zero-order chi connectivity index (χ0) is 13.8. The van der Waals surface area contributed by atoms with Crippen LogP contribution in [0.1, 0.15) is 19.8 Å². The fourth-order valence-electron chi connectivity index (χ4n) is 1.28. The summed E-state index contributed by atoms with van der Waals surface area (Å²) in [6.45, 7) is 1.88. The molecule has 18 heavy (non-hydrogen) atoms. The molecule has 0 heterocycles. The summed E-state index contributed by atoms with van der Waals surface area (Å²) in [6, 6.07) is 3.78. The first-order chi connectivity index (χ1) is 8.35. The van der Waals surface area contributed by atoms with Crippen molar-refractivity contribution in [1.29, 1.82) is 0 Å². The van der Waals surface area contributed by atoms with E-state index in [2.05, 4.69) is 4.72 Å². The normalized spacial score (nSPS) is 11.2. The summed E-state index contributed by atoms with van der Waals surface area (Å²) in [7, 11) is -3.47. The number of anilines is 1. The van der Waals surface area contributed by atoms with Gasteiger partial charge in [0.1, 0.15) is 5.02 Å². The van der Waals surface area contributed by atoms with Crippen LogP contribution in [0.15, 0.2) is 18.2 Å². The van der Waals surface area contributed by atoms with Crippen molar-refractivity contribution in [3.05, 3.63) is 33.3 Å². The van der Waals surface area contributed by atoms with E-state index in [1.807, 2.05) is 6.92 Å². The number of rotatable bonds is 6. The summed E-state index contributed by atoms with van der Waals surface area (Å²) in [4.78, 5) is 9.99. The molecule has 100 valence electrons. The molecule has 0 unspecified atom stereocenters. The van der Waals surface area contributed by atoms with Gasteiger partial charge in [-0.3, -0.25) is 14.8 Å². The fraction of sp³-hybridized carbons (Fsp3) is 0.400. The van der Waals surface area contributed by atoms with Crippen LogP contribution in [0.5, 0.6) is 0 Å². The number of nitrogens with zero attached hydrogens (tertiary/aromatic N) is 1. The van der Waals surface area contributed by atoms with Crippen molar-refractivity contribution in [3.63, 3.8) is 0 Å². The highest BCUT2D eigenvalue weighted by Gasteiger charge is 2.15. The Morgan fingerprint density at radius 1 is 1.44 bits per heavy atom.